The van der Waals surface area contributed by atoms with Gasteiger partial charge in [0.15, 0.2) is 5.54 Å². The normalized spacial score (nSPS) is 14.8. The molecule has 0 bridgehead atoms. The number of nitrogens with one attached hydrogen (secondary N) is 2. The first-order valence-corrected chi connectivity index (χ1v) is 13.6. The Kier molecular flexibility index (Phi) is 7.41. The molecule has 2 N–H and O–H groups in total. The summed E-state index contributed by atoms with van der Waals surface area (Å²) in [5, 5.41) is 44.4. The lowest BCUT2D eigenvalue weighted by atomic mass is 9.96. The summed E-state index contributed by atoms with van der Waals surface area (Å²) in [6, 6.07) is 13.2. The first-order valence-electron chi connectivity index (χ1n) is 13.3. The number of halogens is 4. The number of nitrogens with zero attached hydrogens (tertiary/aromatic N) is 7. The van der Waals surface area contributed by atoms with Crippen LogP contribution >= 0.6 is 11.6 Å². The van der Waals surface area contributed by atoms with Crippen LogP contribution in [0.5, 0.6) is 0 Å². The standard InChI is InChI=1S/C30H25ClF3N9/c1-28(2,3)16-39-25-19(13-37)14-38-26-21(25)9-17(11-35)10-22(26)40-27(20-6-4-5-18(12-36)24(20)31)23-15-43(42-41-23)29(7-8-29)30(32,33)34/h4-6,9-10,14-15,27,40H,7-8,16H2,1-3H3,(H,38,39)/t27-/m0/s1. The molecule has 43 heavy (non-hydrogen) atoms. The van der Waals surface area contributed by atoms with Crippen LogP contribution < -0.4 is 10.6 Å². The SMILES string of the molecule is CC(C)(C)CNc1c(C#N)cnc2c(N[C@H](c3cn(C4(C(F)(F)F)CC4)nn3)c3cccc(C#N)c3Cl)cc(C#N)cc12. The van der Waals surface area contributed by atoms with Crippen LogP contribution in [0, 0.1) is 39.4 Å². The lowest BCUT2D eigenvalue weighted by molar-refractivity contribution is -0.182. The largest absolute Gasteiger partial charge is 0.413 e. The smallest absolute Gasteiger partial charge is 0.383 e. The molecule has 2 heterocycles. The molecule has 5 rings (SSSR count). The van der Waals surface area contributed by atoms with E-state index in [1.165, 1.54) is 18.5 Å². The maximum absolute atomic E-state index is 13.9. The number of fused-ring (bicyclic) bond motifs is 1. The van der Waals surface area contributed by atoms with Crippen molar-refractivity contribution in [1.29, 1.82) is 15.8 Å². The maximum atomic E-state index is 13.9. The zero-order chi connectivity index (χ0) is 31.2. The summed E-state index contributed by atoms with van der Waals surface area (Å²) in [4.78, 5) is 4.51. The van der Waals surface area contributed by atoms with E-state index in [2.05, 4.69) is 38.1 Å². The van der Waals surface area contributed by atoms with Crippen LogP contribution in [0.25, 0.3) is 10.9 Å². The van der Waals surface area contributed by atoms with Crippen molar-refractivity contribution < 1.29 is 13.2 Å². The Hall–Kier alpha value is -4.86. The van der Waals surface area contributed by atoms with E-state index in [1.807, 2.05) is 26.8 Å². The highest BCUT2D eigenvalue weighted by Gasteiger charge is 2.66. The molecule has 1 aliphatic carbocycles. The number of pyridine rings is 1. The highest BCUT2D eigenvalue weighted by Crippen LogP contribution is 2.55. The number of rotatable bonds is 7. The monoisotopic (exact) mass is 603 g/mol. The van der Waals surface area contributed by atoms with Gasteiger partial charge in [0.05, 0.1) is 56.9 Å². The van der Waals surface area contributed by atoms with Crippen molar-refractivity contribution in [1.82, 2.24) is 20.0 Å². The van der Waals surface area contributed by atoms with Crippen molar-refractivity contribution in [2.45, 2.75) is 51.4 Å². The lowest BCUT2D eigenvalue weighted by Gasteiger charge is -2.23. The van der Waals surface area contributed by atoms with Gasteiger partial charge in [-0.15, -0.1) is 5.10 Å². The van der Waals surface area contributed by atoms with Gasteiger partial charge in [0, 0.05) is 23.7 Å². The Morgan fingerprint density at radius 2 is 1.79 bits per heavy atom. The van der Waals surface area contributed by atoms with Gasteiger partial charge in [-0.2, -0.15) is 29.0 Å². The highest BCUT2D eigenvalue weighted by molar-refractivity contribution is 6.32. The molecule has 0 radical (unpaired) electrons. The molecule has 1 fully saturated rings. The van der Waals surface area contributed by atoms with E-state index in [9.17, 15) is 29.0 Å². The molecule has 0 aliphatic heterocycles. The molecule has 2 aromatic carbocycles. The fourth-order valence-electron chi connectivity index (χ4n) is 4.81. The molecule has 0 amide bonds. The van der Waals surface area contributed by atoms with Gasteiger partial charge in [-0.05, 0) is 36.5 Å². The molecule has 0 unspecified atom stereocenters. The van der Waals surface area contributed by atoms with Gasteiger partial charge in [0.25, 0.3) is 0 Å². The predicted molar refractivity (Wildman–Crippen MR) is 154 cm³/mol. The van der Waals surface area contributed by atoms with Gasteiger partial charge in [0.1, 0.15) is 17.8 Å². The number of hydrogen-bond donors (Lipinski definition) is 2. The van der Waals surface area contributed by atoms with Crippen LogP contribution in [0.15, 0.2) is 42.7 Å². The van der Waals surface area contributed by atoms with Crippen molar-refractivity contribution in [2.75, 3.05) is 17.2 Å². The third-order valence-corrected chi connectivity index (χ3v) is 7.69. The number of alkyl halides is 3. The van der Waals surface area contributed by atoms with Gasteiger partial charge < -0.3 is 10.6 Å². The molecule has 1 saturated carbocycles. The molecule has 4 aromatic rings. The summed E-state index contributed by atoms with van der Waals surface area (Å²) < 4.78 is 42.5. The first kappa shape index (κ1) is 29.6. The number of benzene rings is 2. The van der Waals surface area contributed by atoms with Crippen LogP contribution in [0.2, 0.25) is 5.02 Å². The van der Waals surface area contributed by atoms with Gasteiger partial charge in [-0.1, -0.05) is 49.7 Å². The van der Waals surface area contributed by atoms with E-state index < -0.39 is 17.8 Å². The van der Waals surface area contributed by atoms with E-state index in [4.69, 9.17) is 11.6 Å². The highest BCUT2D eigenvalue weighted by atomic mass is 35.5. The fraction of sp³-hybridized carbons (Fsp3) is 0.333. The molecular formula is C30H25ClF3N9. The Morgan fingerprint density at radius 3 is 2.40 bits per heavy atom. The molecule has 0 saturated heterocycles. The Bertz CT molecular complexity index is 1850. The van der Waals surface area contributed by atoms with Crippen LogP contribution in [0.3, 0.4) is 0 Å². The summed E-state index contributed by atoms with van der Waals surface area (Å²) in [6.07, 6.45) is -2.12. The van der Waals surface area contributed by atoms with E-state index in [-0.39, 0.29) is 45.7 Å². The number of hydrogen-bond acceptors (Lipinski definition) is 8. The fourth-order valence-corrected chi connectivity index (χ4v) is 5.09. The van der Waals surface area contributed by atoms with E-state index >= 15 is 0 Å². The quantitative estimate of drug-likeness (QED) is 0.235. The first-order chi connectivity index (χ1) is 20.3. The number of nitriles is 3. The minimum Gasteiger partial charge on any atom is -0.383 e. The second-order valence-corrected chi connectivity index (χ2v) is 12.0. The number of anilines is 2. The van der Waals surface area contributed by atoms with Crippen molar-refractivity contribution in [3.05, 3.63) is 75.7 Å². The zero-order valence-electron chi connectivity index (χ0n) is 23.4. The van der Waals surface area contributed by atoms with Crippen LogP contribution in [0.1, 0.15) is 67.6 Å². The summed E-state index contributed by atoms with van der Waals surface area (Å²) >= 11 is 6.62. The molecule has 1 atom stereocenters. The van der Waals surface area contributed by atoms with Crippen molar-refractivity contribution in [3.8, 4) is 18.2 Å². The minimum atomic E-state index is -4.52. The van der Waals surface area contributed by atoms with E-state index in [0.29, 0.717) is 34.4 Å². The Morgan fingerprint density at radius 1 is 1.07 bits per heavy atom. The van der Waals surface area contributed by atoms with Gasteiger partial charge >= 0.3 is 6.18 Å². The molecule has 2 aromatic heterocycles. The third kappa shape index (κ3) is 5.52. The molecule has 1 aliphatic rings. The molecule has 13 heteroatoms. The maximum Gasteiger partial charge on any atom is 0.413 e. The average molecular weight is 604 g/mol. The van der Waals surface area contributed by atoms with Crippen LogP contribution in [-0.4, -0.2) is 32.7 Å². The molecule has 218 valence electrons. The second kappa shape index (κ2) is 10.8. The molecule has 9 nitrogen and oxygen atoms in total. The summed E-state index contributed by atoms with van der Waals surface area (Å²) in [7, 11) is 0. The van der Waals surface area contributed by atoms with Gasteiger partial charge in [0.2, 0.25) is 0 Å². The number of aromatic nitrogens is 4. The average Bonchev–Trinajstić information content (AvgIpc) is 3.65. The Balaban J connectivity index is 1.69. The summed E-state index contributed by atoms with van der Waals surface area (Å²) in [5.41, 5.74) is 0.137. The minimum absolute atomic E-state index is 0.0852. The lowest BCUT2D eigenvalue weighted by Crippen LogP contribution is -2.35. The van der Waals surface area contributed by atoms with Gasteiger partial charge in [-0.25, -0.2) is 4.68 Å². The van der Waals surface area contributed by atoms with Crippen molar-refractivity contribution in [2.24, 2.45) is 5.41 Å². The zero-order valence-corrected chi connectivity index (χ0v) is 24.1. The predicted octanol–water partition coefficient (Wildman–Crippen LogP) is 6.81. The summed E-state index contributed by atoms with van der Waals surface area (Å²) in [6.45, 7) is 6.61. The third-order valence-electron chi connectivity index (χ3n) is 7.27. The van der Waals surface area contributed by atoms with Crippen molar-refractivity contribution in [3.63, 3.8) is 0 Å². The van der Waals surface area contributed by atoms with E-state index in [0.717, 1.165) is 4.68 Å². The van der Waals surface area contributed by atoms with Crippen molar-refractivity contribution >= 4 is 33.9 Å². The van der Waals surface area contributed by atoms with E-state index in [1.54, 1.807) is 24.3 Å². The Labute approximate surface area is 250 Å². The topological polar surface area (TPSA) is 139 Å². The molecular weight excluding hydrogens is 579 g/mol. The second-order valence-electron chi connectivity index (χ2n) is 11.6. The van der Waals surface area contributed by atoms with Crippen LogP contribution in [-0.2, 0) is 5.54 Å². The summed E-state index contributed by atoms with van der Waals surface area (Å²) in [5.74, 6) is 0. The van der Waals surface area contributed by atoms with Crippen LogP contribution in [0.4, 0.5) is 24.5 Å². The van der Waals surface area contributed by atoms with Gasteiger partial charge in [-0.3, -0.25) is 4.98 Å². The molecule has 0 spiro atoms.